The first-order valence-electron chi connectivity index (χ1n) is 4.39. The van der Waals surface area contributed by atoms with Crippen LogP contribution < -0.4 is 3.32 Å². The first-order chi connectivity index (χ1) is 5.93. The molecule has 0 atom stereocenters. The molecule has 0 aliphatic heterocycles. The molecule has 0 aromatic heterocycles. The molecule has 0 bridgehead atoms. The maximum atomic E-state index is 5.23. The van der Waals surface area contributed by atoms with Crippen molar-refractivity contribution in [3.8, 4) is 5.75 Å². The van der Waals surface area contributed by atoms with E-state index in [-0.39, 0.29) is 5.41 Å². The second kappa shape index (κ2) is 3.85. The molecule has 0 unspecified atom stereocenters. The van der Waals surface area contributed by atoms with E-state index >= 15 is 0 Å². The van der Waals surface area contributed by atoms with Crippen LogP contribution in [-0.2, 0) is 26.2 Å². The molecule has 0 radical (unpaired) electrons. The van der Waals surface area contributed by atoms with E-state index < -0.39 is 0 Å². The third-order valence-electron chi connectivity index (χ3n) is 2.03. The molecule has 0 spiro atoms. The normalized spacial score (nSPS) is 11.3. The van der Waals surface area contributed by atoms with Crippen LogP contribution in [0.3, 0.4) is 0 Å². The first-order valence-corrected chi connectivity index (χ1v) is 5.03. The second-order valence-electron chi connectivity index (χ2n) is 4.39. The van der Waals surface area contributed by atoms with Crippen LogP contribution in [0.5, 0.6) is 5.75 Å². The van der Waals surface area contributed by atoms with E-state index in [1.54, 1.807) is 20.8 Å². The number of aryl methyl sites for hydroxylation is 1. The van der Waals surface area contributed by atoms with Crippen LogP contribution >= 0.6 is 0 Å². The zero-order valence-corrected chi connectivity index (χ0v) is 10.2. The summed E-state index contributed by atoms with van der Waals surface area (Å²) in [5.74, 6) is 0.949. The van der Waals surface area contributed by atoms with Crippen molar-refractivity contribution >= 4 is 0 Å². The van der Waals surface area contributed by atoms with Gasteiger partial charge in [0, 0.05) is 0 Å². The minimum atomic E-state index is 0.194. The molecule has 1 rings (SSSR count). The summed E-state index contributed by atoms with van der Waals surface area (Å²) in [6, 6.07) is 6.37. The van der Waals surface area contributed by atoms with Crippen molar-refractivity contribution in [3.63, 3.8) is 0 Å². The van der Waals surface area contributed by atoms with Gasteiger partial charge < -0.3 is 0 Å². The summed E-state index contributed by atoms with van der Waals surface area (Å²) >= 11 is 1.71. The van der Waals surface area contributed by atoms with Crippen LogP contribution in [-0.4, -0.2) is 0 Å². The number of benzene rings is 1. The van der Waals surface area contributed by atoms with Crippen molar-refractivity contribution in [2.75, 3.05) is 0 Å². The first kappa shape index (κ1) is 10.8. The van der Waals surface area contributed by atoms with Crippen LogP contribution in [0.4, 0.5) is 0 Å². The van der Waals surface area contributed by atoms with Crippen molar-refractivity contribution in [1.82, 2.24) is 0 Å². The average molecular weight is 211 g/mol. The molecule has 0 saturated heterocycles. The summed E-state index contributed by atoms with van der Waals surface area (Å²) in [5, 5.41) is 0. The molecule has 1 aromatic carbocycles. The van der Waals surface area contributed by atoms with Gasteiger partial charge in [-0.15, -0.1) is 0 Å². The Hall–Kier alpha value is -0.266. The van der Waals surface area contributed by atoms with E-state index in [1.807, 2.05) is 0 Å². The van der Waals surface area contributed by atoms with Gasteiger partial charge in [0.15, 0.2) is 0 Å². The van der Waals surface area contributed by atoms with Gasteiger partial charge in [-0.25, -0.2) is 0 Å². The van der Waals surface area contributed by atoms with E-state index in [2.05, 4.69) is 45.9 Å². The summed E-state index contributed by atoms with van der Waals surface area (Å²) in [6.45, 7) is 8.72. The van der Waals surface area contributed by atoms with Crippen molar-refractivity contribution in [3.05, 3.63) is 29.3 Å². The Labute approximate surface area is 92.4 Å². The Bertz CT molecular complexity index is 299. The van der Waals surface area contributed by atoms with E-state index in [4.69, 9.17) is 3.32 Å². The number of hydrogen-bond acceptors (Lipinski definition) is 1. The minimum absolute atomic E-state index is 0.194. The fraction of sp³-hybridized carbons (Fsp3) is 0.455. The predicted molar refractivity (Wildman–Crippen MR) is 50.5 cm³/mol. The van der Waals surface area contributed by atoms with Crippen LogP contribution in [0.1, 0.15) is 31.9 Å². The molecule has 0 aliphatic carbocycles. The van der Waals surface area contributed by atoms with Crippen molar-refractivity contribution in [1.29, 1.82) is 0 Å². The molecule has 0 N–H and O–H groups in total. The molecule has 0 fully saturated rings. The zero-order valence-electron chi connectivity index (χ0n) is 8.64. The molecule has 0 amide bonds. The van der Waals surface area contributed by atoms with Crippen molar-refractivity contribution < 1.29 is 24.1 Å². The molecule has 13 heavy (non-hydrogen) atoms. The van der Waals surface area contributed by atoms with Crippen molar-refractivity contribution in [2.24, 2.45) is 0 Å². The van der Waals surface area contributed by atoms with Gasteiger partial charge in [0.1, 0.15) is 0 Å². The number of rotatable bonds is 1. The SMILES string of the molecule is Cc1cc([O][Ti])cc(C(C)(C)C)c1. The van der Waals surface area contributed by atoms with Gasteiger partial charge in [-0.1, -0.05) is 0 Å². The standard InChI is InChI=1S/C11H16O.Ti/c1-8-5-9(11(2,3)4)7-10(12)6-8;/h5-7,12H,1-4H3;/q;+1/p-1. The van der Waals surface area contributed by atoms with Crippen molar-refractivity contribution in [2.45, 2.75) is 33.1 Å². The van der Waals surface area contributed by atoms with E-state index in [0.717, 1.165) is 5.75 Å². The molecular formula is C11H15OTi. The van der Waals surface area contributed by atoms with E-state index in [0.29, 0.717) is 0 Å². The summed E-state index contributed by atoms with van der Waals surface area (Å²) in [6.07, 6.45) is 0. The molecular weight excluding hydrogens is 196 g/mol. The van der Waals surface area contributed by atoms with Crippen LogP contribution in [0.15, 0.2) is 18.2 Å². The molecule has 1 aromatic rings. The Morgan fingerprint density at radius 1 is 1.15 bits per heavy atom. The topological polar surface area (TPSA) is 9.23 Å². The zero-order chi connectivity index (χ0) is 10.1. The summed E-state index contributed by atoms with van der Waals surface area (Å²) < 4.78 is 5.23. The molecule has 0 aliphatic rings. The summed E-state index contributed by atoms with van der Waals surface area (Å²) in [7, 11) is 0. The predicted octanol–water partition coefficient (Wildman–Crippen LogP) is 3.13. The van der Waals surface area contributed by atoms with Crippen LogP contribution in [0.2, 0.25) is 0 Å². The Morgan fingerprint density at radius 3 is 2.23 bits per heavy atom. The summed E-state index contributed by atoms with van der Waals surface area (Å²) in [5.41, 5.74) is 2.77. The average Bonchev–Trinajstić information content (AvgIpc) is 2.01. The fourth-order valence-corrected chi connectivity index (χ4v) is 1.42. The summed E-state index contributed by atoms with van der Waals surface area (Å²) in [4.78, 5) is 0. The monoisotopic (exact) mass is 211 g/mol. The van der Waals surface area contributed by atoms with Gasteiger partial charge in [-0.05, 0) is 0 Å². The Balaban J connectivity index is 3.16. The van der Waals surface area contributed by atoms with E-state index in [1.165, 1.54) is 11.1 Å². The van der Waals surface area contributed by atoms with Gasteiger partial charge in [0.2, 0.25) is 0 Å². The molecule has 1 nitrogen and oxygen atoms in total. The van der Waals surface area contributed by atoms with E-state index in [9.17, 15) is 0 Å². The van der Waals surface area contributed by atoms with Gasteiger partial charge in [0.05, 0.1) is 0 Å². The molecule has 2 heteroatoms. The molecule has 0 saturated carbocycles. The third-order valence-corrected chi connectivity index (χ3v) is 2.40. The molecule has 69 valence electrons. The fourth-order valence-electron chi connectivity index (χ4n) is 1.24. The van der Waals surface area contributed by atoms with Gasteiger partial charge in [-0.3, -0.25) is 0 Å². The van der Waals surface area contributed by atoms with Gasteiger partial charge in [0.25, 0.3) is 0 Å². The maximum absolute atomic E-state index is 5.23. The van der Waals surface area contributed by atoms with Crippen LogP contribution in [0.25, 0.3) is 0 Å². The molecule has 0 heterocycles. The quantitative estimate of drug-likeness (QED) is 0.648. The second-order valence-corrected chi connectivity index (χ2v) is 4.71. The van der Waals surface area contributed by atoms with Crippen LogP contribution in [0, 0.1) is 6.92 Å². The third kappa shape index (κ3) is 2.86. The van der Waals surface area contributed by atoms with Gasteiger partial charge in [-0.2, -0.15) is 0 Å². The number of hydrogen-bond donors (Lipinski definition) is 0. The Morgan fingerprint density at radius 2 is 1.77 bits per heavy atom. The van der Waals surface area contributed by atoms with Gasteiger partial charge >= 0.3 is 92.3 Å². The Kier molecular flexibility index (Phi) is 3.20.